The number of aromatic amines is 1. The molecule has 2 aromatic carbocycles. The van der Waals surface area contributed by atoms with Crippen LogP contribution >= 0.6 is 0 Å². The molecule has 0 spiro atoms. The van der Waals surface area contributed by atoms with Crippen LogP contribution in [-0.4, -0.2) is 49.3 Å². The molecule has 0 aliphatic carbocycles. The number of nitrogens with zero attached hydrogens (tertiary/aromatic N) is 1. The van der Waals surface area contributed by atoms with Crippen LogP contribution in [0.3, 0.4) is 0 Å². The fourth-order valence-electron chi connectivity index (χ4n) is 3.26. The summed E-state index contributed by atoms with van der Waals surface area (Å²) in [6, 6.07) is 16.8. The summed E-state index contributed by atoms with van der Waals surface area (Å²) in [6.07, 6.45) is 3.62. The van der Waals surface area contributed by atoms with Gasteiger partial charge in [-0.2, -0.15) is 0 Å². The average molecular weight is 380 g/mol. The second-order valence-corrected chi connectivity index (χ2v) is 7.55. The van der Waals surface area contributed by atoms with Gasteiger partial charge in [0.15, 0.2) is 0 Å². The van der Waals surface area contributed by atoms with E-state index in [-0.39, 0.29) is 12.1 Å². The Kier molecular flexibility index (Phi) is 6.71. The number of hydrogen-bond donors (Lipinski definition) is 2. The Morgan fingerprint density at radius 1 is 1.14 bits per heavy atom. The maximum atomic E-state index is 11.1. The first-order valence-corrected chi connectivity index (χ1v) is 9.70. The van der Waals surface area contributed by atoms with Crippen LogP contribution in [0.2, 0.25) is 0 Å². The molecule has 5 nitrogen and oxygen atoms in total. The number of aryl methyl sites for hydroxylation is 1. The van der Waals surface area contributed by atoms with Gasteiger partial charge in [0.25, 0.3) is 0 Å². The maximum Gasteiger partial charge on any atom is 0.407 e. The molecule has 2 N–H and O–H groups in total. The van der Waals surface area contributed by atoms with Gasteiger partial charge in [0, 0.05) is 23.6 Å². The van der Waals surface area contributed by atoms with Gasteiger partial charge in [0.1, 0.15) is 6.61 Å². The fourth-order valence-corrected chi connectivity index (χ4v) is 3.26. The standard InChI is InChI=1S/C16H21N3O2.C7H8/c1-19(2)6-5-12-9-17-15-4-3-11(8-14(12)15)7-13-10-21-16(20)18-13;1-7-5-3-2-4-6-7/h3-4,8-9,13,17H,5-7,10H2,1-2H3,(H,18,20);2-6H,1H3/t13-;/m0./s1. The van der Waals surface area contributed by atoms with E-state index in [0.29, 0.717) is 6.61 Å². The first-order valence-electron chi connectivity index (χ1n) is 9.70. The lowest BCUT2D eigenvalue weighted by Gasteiger charge is -2.09. The number of alkyl carbamates (subject to hydrolysis) is 1. The Morgan fingerprint density at radius 2 is 1.93 bits per heavy atom. The molecular weight excluding hydrogens is 350 g/mol. The van der Waals surface area contributed by atoms with E-state index in [1.54, 1.807) is 0 Å². The van der Waals surface area contributed by atoms with Crippen molar-refractivity contribution in [1.29, 1.82) is 0 Å². The molecule has 1 amide bonds. The van der Waals surface area contributed by atoms with Gasteiger partial charge < -0.3 is 19.9 Å². The Bertz CT molecular complexity index is 903. The number of H-pyrrole nitrogens is 1. The molecule has 1 fully saturated rings. The van der Waals surface area contributed by atoms with Gasteiger partial charge in [-0.3, -0.25) is 0 Å². The summed E-state index contributed by atoms with van der Waals surface area (Å²) in [5.74, 6) is 0. The van der Waals surface area contributed by atoms with Crippen LogP contribution in [0.15, 0.2) is 54.7 Å². The van der Waals surface area contributed by atoms with Gasteiger partial charge in [-0.1, -0.05) is 42.0 Å². The highest BCUT2D eigenvalue weighted by Crippen LogP contribution is 2.21. The van der Waals surface area contributed by atoms with Gasteiger partial charge in [0.05, 0.1) is 6.04 Å². The molecule has 0 radical (unpaired) electrons. The summed E-state index contributed by atoms with van der Waals surface area (Å²) in [4.78, 5) is 16.6. The fraction of sp³-hybridized carbons (Fsp3) is 0.348. The van der Waals surface area contributed by atoms with Crippen molar-refractivity contribution in [2.75, 3.05) is 27.2 Å². The highest BCUT2D eigenvalue weighted by atomic mass is 16.6. The van der Waals surface area contributed by atoms with Crippen LogP contribution in [-0.2, 0) is 17.6 Å². The van der Waals surface area contributed by atoms with Gasteiger partial charge in [-0.05, 0) is 57.1 Å². The van der Waals surface area contributed by atoms with Crippen molar-refractivity contribution in [3.63, 3.8) is 0 Å². The molecule has 2 heterocycles. The quantitative estimate of drug-likeness (QED) is 0.706. The van der Waals surface area contributed by atoms with Gasteiger partial charge >= 0.3 is 6.09 Å². The monoisotopic (exact) mass is 379 g/mol. The number of cyclic esters (lactones) is 1. The summed E-state index contributed by atoms with van der Waals surface area (Å²) in [7, 11) is 4.17. The van der Waals surface area contributed by atoms with E-state index < -0.39 is 0 Å². The van der Waals surface area contributed by atoms with Gasteiger partial charge in [0.2, 0.25) is 0 Å². The normalized spacial score (nSPS) is 15.9. The smallest absolute Gasteiger partial charge is 0.407 e. The van der Waals surface area contributed by atoms with Gasteiger partial charge in [-0.25, -0.2) is 4.79 Å². The Hall–Kier alpha value is -2.79. The second kappa shape index (κ2) is 9.42. The lowest BCUT2D eigenvalue weighted by atomic mass is 10.0. The minimum Gasteiger partial charge on any atom is -0.447 e. The van der Waals surface area contributed by atoms with Crippen LogP contribution in [0, 0.1) is 6.92 Å². The number of benzene rings is 2. The number of amides is 1. The third kappa shape index (κ3) is 5.60. The summed E-state index contributed by atoms with van der Waals surface area (Å²) in [5, 5.41) is 4.10. The molecule has 0 saturated carbocycles. The molecule has 1 aromatic heterocycles. The Morgan fingerprint density at radius 3 is 2.54 bits per heavy atom. The molecule has 28 heavy (non-hydrogen) atoms. The number of ether oxygens (including phenoxy) is 1. The third-order valence-electron chi connectivity index (χ3n) is 4.82. The number of carbonyl (C=O) groups excluding carboxylic acids is 1. The molecule has 1 atom stereocenters. The molecule has 3 aromatic rings. The maximum absolute atomic E-state index is 11.1. The van der Waals surface area contributed by atoms with E-state index in [0.717, 1.165) is 19.4 Å². The SMILES string of the molecule is CN(C)CCc1c[nH]c2ccc(C[C@H]3COC(=O)N3)cc12.Cc1ccccc1. The number of rotatable bonds is 5. The number of aromatic nitrogens is 1. The first-order chi connectivity index (χ1) is 13.5. The zero-order valence-corrected chi connectivity index (χ0v) is 16.9. The molecule has 0 bridgehead atoms. The molecule has 1 saturated heterocycles. The van der Waals surface area contributed by atoms with Crippen molar-refractivity contribution >= 4 is 17.0 Å². The summed E-state index contributed by atoms with van der Waals surface area (Å²) >= 11 is 0. The molecule has 1 aliphatic heterocycles. The van der Waals surface area contributed by atoms with Crippen molar-refractivity contribution in [1.82, 2.24) is 15.2 Å². The molecule has 4 rings (SSSR count). The van der Waals surface area contributed by atoms with Crippen LogP contribution in [0.4, 0.5) is 4.79 Å². The molecule has 5 heteroatoms. The molecular formula is C23H29N3O2. The minimum atomic E-state index is -0.311. The van der Waals surface area contributed by atoms with E-state index >= 15 is 0 Å². The minimum absolute atomic E-state index is 0.0825. The number of likely N-dealkylation sites (N-methyl/N-ethyl adjacent to an activating group) is 1. The Labute approximate surface area is 166 Å². The van der Waals surface area contributed by atoms with Crippen molar-refractivity contribution < 1.29 is 9.53 Å². The van der Waals surface area contributed by atoms with Crippen molar-refractivity contribution in [3.8, 4) is 0 Å². The zero-order valence-electron chi connectivity index (χ0n) is 16.9. The number of hydrogen-bond acceptors (Lipinski definition) is 3. The number of nitrogens with one attached hydrogen (secondary N) is 2. The zero-order chi connectivity index (χ0) is 19.9. The summed E-state index contributed by atoms with van der Waals surface area (Å²) < 4.78 is 4.94. The van der Waals surface area contributed by atoms with E-state index in [1.165, 1.54) is 27.6 Å². The lowest BCUT2D eigenvalue weighted by molar-refractivity contribution is 0.177. The summed E-state index contributed by atoms with van der Waals surface area (Å²) in [6.45, 7) is 3.57. The van der Waals surface area contributed by atoms with Crippen molar-refractivity contribution in [2.45, 2.75) is 25.8 Å². The Balaban J connectivity index is 0.000000271. The van der Waals surface area contributed by atoms with E-state index in [1.807, 2.05) is 18.2 Å². The lowest BCUT2D eigenvalue weighted by Crippen LogP contribution is -2.28. The van der Waals surface area contributed by atoms with Crippen LogP contribution < -0.4 is 5.32 Å². The second-order valence-electron chi connectivity index (χ2n) is 7.55. The van der Waals surface area contributed by atoms with Crippen LogP contribution in [0.25, 0.3) is 10.9 Å². The van der Waals surface area contributed by atoms with Crippen molar-refractivity contribution in [2.24, 2.45) is 0 Å². The predicted octanol–water partition coefficient (Wildman–Crippen LogP) is 3.92. The van der Waals surface area contributed by atoms with Crippen LogP contribution in [0.5, 0.6) is 0 Å². The van der Waals surface area contributed by atoms with E-state index in [2.05, 4.69) is 72.7 Å². The topological polar surface area (TPSA) is 57.4 Å². The van der Waals surface area contributed by atoms with E-state index in [4.69, 9.17) is 4.74 Å². The van der Waals surface area contributed by atoms with Crippen molar-refractivity contribution in [3.05, 3.63) is 71.4 Å². The molecule has 0 unspecified atom stereocenters. The largest absolute Gasteiger partial charge is 0.447 e. The number of fused-ring (bicyclic) bond motifs is 1. The first kappa shape index (κ1) is 20.0. The van der Waals surface area contributed by atoms with E-state index in [9.17, 15) is 4.79 Å². The molecule has 1 aliphatic rings. The number of carbonyl (C=O) groups is 1. The highest BCUT2D eigenvalue weighted by molar-refractivity contribution is 5.84. The third-order valence-corrected chi connectivity index (χ3v) is 4.82. The highest BCUT2D eigenvalue weighted by Gasteiger charge is 2.22. The predicted molar refractivity (Wildman–Crippen MR) is 114 cm³/mol. The summed E-state index contributed by atoms with van der Waals surface area (Å²) in [5.41, 5.74) is 5.05. The van der Waals surface area contributed by atoms with Crippen LogP contribution in [0.1, 0.15) is 16.7 Å². The molecule has 148 valence electrons. The van der Waals surface area contributed by atoms with Gasteiger partial charge in [-0.15, -0.1) is 0 Å². The average Bonchev–Trinajstić information content (AvgIpc) is 3.27.